The summed E-state index contributed by atoms with van der Waals surface area (Å²) >= 11 is 0. The molecule has 0 aliphatic rings. The Morgan fingerprint density at radius 2 is 1.95 bits per heavy atom. The molecule has 0 saturated carbocycles. The van der Waals surface area contributed by atoms with Crippen LogP contribution in [0.5, 0.6) is 0 Å². The molecule has 0 aliphatic heterocycles. The number of hydrogen-bond acceptors (Lipinski definition) is 4. The van der Waals surface area contributed by atoms with Crippen molar-refractivity contribution in [1.29, 1.82) is 5.26 Å². The maximum atomic E-state index is 11.7. The van der Waals surface area contributed by atoms with Gasteiger partial charge in [0.05, 0.1) is 11.6 Å². The number of nitrogens with zero attached hydrogens (tertiary/aromatic N) is 2. The highest BCUT2D eigenvalue weighted by molar-refractivity contribution is 5.69. The molecule has 0 amide bonds. The molecule has 1 heterocycles. The van der Waals surface area contributed by atoms with Crippen LogP contribution >= 0.6 is 0 Å². The highest BCUT2D eigenvalue weighted by atomic mass is 16.5. The fourth-order valence-electron chi connectivity index (χ4n) is 1.69. The number of carbonyl (C=O) groups is 1. The lowest BCUT2D eigenvalue weighted by molar-refractivity contribution is -0.145. The minimum absolute atomic E-state index is 0.0180. The van der Waals surface area contributed by atoms with E-state index in [0.717, 1.165) is 0 Å². The van der Waals surface area contributed by atoms with E-state index in [0.29, 0.717) is 11.1 Å². The van der Waals surface area contributed by atoms with E-state index >= 15 is 0 Å². The quantitative estimate of drug-likeness (QED) is 0.787. The zero-order chi connectivity index (χ0) is 14.4. The summed E-state index contributed by atoms with van der Waals surface area (Å²) in [5, 5.41) is 8.92. The number of carbonyl (C=O) groups excluding carboxylic acids is 1. The summed E-state index contributed by atoms with van der Waals surface area (Å²) in [5.41, 5.74) is 0.850. The molecule has 0 aliphatic carbocycles. The topological polar surface area (TPSA) is 72.1 Å². The molecule has 0 bridgehead atoms. The van der Waals surface area contributed by atoms with Crippen molar-refractivity contribution in [2.75, 3.05) is 0 Å². The molecular weight excluding hydrogens is 256 g/mol. The van der Waals surface area contributed by atoms with Crippen molar-refractivity contribution in [2.45, 2.75) is 13.2 Å². The molecule has 1 aromatic heterocycles. The Labute approximate surface area is 115 Å². The molecule has 20 heavy (non-hydrogen) atoms. The van der Waals surface area contributed by atoms with Crippen molar-refractivity contribution in [3.63, 3.8) is 0 Å². The summed E-state index contributed by atoms with van der Waals surface area (Å²) in [5.74, 6) is -0.522. The van der Waals surface area contributed by atoms with E-state index in [1.165, 1.54) is 16.8 Å². The first kappa shape index (κ1) is 13.6. The van der Waals surface area contributed by atoms with Gasteiger partial charge in [0.1, 0.15) is 13.2 Å². The Morgan fingerprint density at radius 1 is 1.20 bits per heavy atom. The third kappa shape index (κ3) is 3.33. The highest BCUT2D eigenvalue weighted by Gasteiger charge is 2.07. The van der Waals surface area contributed by atoms with Crippen LogP contribution in [0.1, 0.15) is 11.1 Å². The molecule has 0 radical (unpaired) electrons. The summed E-state index contributed by atoms with van der Waals surface area (Å²) < 4.78 is 6.34. The van der Waals surface area contributed by atoms with Crippen molar-refractivity contribution < 1.29 is 9.53 Å². The van der Waals surface area contributed by atoms with Gasteiger partial charge in [-0.3, -0.25) is 9.59 Å². The molecule has 1 aromatic carbocycles. The molecule has 2 rings (SSSR count). The van der Waals surface area contributed by atoms with Gasteiger partial charge >= 0.3 is 5.97 Å². The number of esters is 1. The molecule has 100 valence electrons. The summed E-state index contributed by atoms with van der Waals surface area (Å²) in [6, 6.07) is 13.6. The van der Waals surface area contributed by atoms with Crippen molar-refractivity contribution in [3.8, 4) is 6.07 Å². The Bertz CT molecular complexity index is 713. The second kappa shape index (κ2) is 6.34. The van der Waals surface area contributed by atoms with E-state index in [1.54, 1.807) is 36.4 Å². The molecule has 5 nitrogen and oxygen atoms in total. The number of ether oxygens (including phenoxy) is 1. The van der Waals surface area contributed by atoms with Crippen LogP contribution < -0.4 is 5.56 Å². The Morgan fingerprint density at radius 3 is 2.70 bits per heavy atom. The molecule has 0 atom stereocenters. The van der Waals surface area contributed by atoms with Crippen LogP contribution in [0.2, 0.25) is 0 Å². The molecule has 0 fully saturated rings. The van der Waals surface area contributed by atoms with Crippen LogP contribution in [-0.4, -0.2) is 10.5 Å². The maximum absolute atomic E-state index is 11.7. The highest BCUT2D eigenvalue weighted by Crippen LogP contribution is 2.08. The van der Waals surface area contributed by atoms with Crippen LogP contribution in [0.15, 0.2) is 53.5 Å². The van der Waals surface area contributed by atoms with E-state index in [4.69, 9.17) is 10.00 Å². The second-order valence-electron chi connectivity index (χ2n) is 4.10. The summed E-state index contributed by atoms with van der Waals surface area (Å²) in [6.07, 6.45) is 1.52. The largest absolute Gasteiger partial charge is 0.459 e. The van der Waals surface area contributed by atoms with Gasteiger partial charge in [0.2, 0.25) is 0 Å². The van der Waals surface area contributed by atoms with Gasteiger partial charge in [0.25, 0.3) is 5.56 Å². The molecule has 0 saturated heterocycles. The Hall–Kier alpha value is -2.87. The molecule has 2 aromatic rings. The summed E-state index contributed by atoms with van der Waals surface area (Å²) in [4.78, 5) is 23.1. The van der Waals surface area contributed by atoms with Gasteiger partial charge in [-0.2, -0.15) is 5.26 Å². The van der Waals surface area contributed by atoms with E-state index in [9.17, 15) is 9.59 Å². The SMILES string of the molecule is N#Cc1ccccc1COC(=O)Cn1ccccc1=O. The fraction of sp³-hybridized carbons (Fsp3) is 0.133. The number of rotatable bonds is 4. The average molecular weight is 268 g/mol. The average Bonchev–Trinajstić information content (AvgIpc) is 2.48. The van der Waals surface area contributed by atoms with E-state index in [2.05, 4.69) is 0 Å². The zero-order valence-electron chi connectivity index (χ0n) is 10.7. The monoisotopic (exact) mass is 268 g/mol. The van der Waals surface area contributed by atoms with Crippen LogP contribution in [0, 0.1) is 11.3 Å². The van der Waals surface area contributed by atoms with Crippen molar-refractivity contribution in [2.24, 2.45) is 0 Å². The first-order chi connectivity index (χ1) is 9.70. The third-order valence-corrected chi connectivity index (χ3v) is 2.72. The third-order valence-electron chi connectivity index (χ3n) is 2.72. The Kier molecular flexibility index (Phi) is 4.30. The summed E-state index contributed by atoms with van der Waals surface area (Å²) in [7, 11) is 0. The smallest absolute Gasteiger partial charge is 0.326 e. The van der Waals surface area contributed by atoms with Gasteiger partial charge < -0.3 is 9.30 Å². The van der Waals surface area contributed by atoms with Crippen LogP contribution in [0.3, 0.4) is 0 Å². The minimum atomic E-state index is -0.522. The predicted molar refractivity (Wildman–Crippen MR) is 71.7 cm³/mol. The van der Waals surface area contributed by atoms with E-state index in [1.807, 2.05) is 6.07 Å². The van der Waals surface area contributed by atoms with Crippen molar-refractivity contribution in [1.82, 2.24) is 4.57 Å². The molecular formula is C15H12N2O3. The molecule has 5 heteroatoms. The lowest BCUT2D eigenvalue weighted by atomic mass is 10.1. The number of aromatic nitrogens is 1. The lowest BCUT2D eigenvalue weighted by Gasteiger charge is -2.07. The van der Waals surface area contributed by atoms with Crippen molar-refractivity contribution in [3.05, 3.63) is 70.1 Å². The number of hydrogen-bond donors (Lipinski definition) is 0. The fourth-order valence-corrected chi connectivity index (χ4v) is 1.69. The van der Waals surface area contributed by atoms with E-state index < -0.39 is 5.97 Å². The molecule has 0 spiro atoms. The van der Waals surface area contributed by atoms with Gasteiger partial charge in [-0.1, -0.05) is 24.3 Å². The van der Waals surface area contributed by atoms with Crippen LogP contribution in [-0.2, 0) is 22.7 Å². The molecule has 0 N–H and O–H groups in total. The number of nitriles is 1. The Balaban J connectivity index is 1.98. The number of pyridine rings is 1. The normalized spacial score (nSPS) is 9.75. The first-order valence-corrected chi connectivity index (χ1v) is 6.00. The maximum Gasteiger partial charge on any atom is 0.326 e. The van der Waals surface area contributed by atoms with E-state index in [-0.39, 0.29) is 18.7 Å². The van der Waals surface area contributed by atoms with Crippen molar-refractivity contribution >= 4 is 5.97 Å². The predicted octanol–water partition coefficient (Wildman–Crippen LogP) is 1.46. The lowest BCUT2D eigenvalue weighted by Crippen LogP contribution is -2.23. The summed E-state index contributed by atoms with van der Waals surface area (Å²) in [6.45, 7) is -0.126. The zero-order valence-corrected chi connectivity index (χ0v) is 10.7. The van der Waals surface area contributed by atoms with Gasteiger partial charge in [-0.25, -0.2) is 0 Å². The first-order valence-electron chi connectivity index (χ1n) is 6.00. The standard InChI is InChI=1S/C15H12N2O3/c16-9-12-5-1-2-6-13(12)11-20-15(19)10-17-8-4-3-7-14(17)18/h1-8H,10-11H2. The van der Waals surface area contributed by atoms with Gasteiger partial charge in [-0.15, -0.1) is 0 Å². The van der Waals surface area contributed by atoms with Crippen LogP contribution in [0.25, 0.3) is 0 Å². The number of benzene rings is 1. The second-order valence-corrected chi connectivity index (χ2v) is 4.10. The molecule has 0 unspecified atom stereocenters. The van der Waals surface area contributed by atoms with Gasteiger partial charge in [0, 0.05) is 17.8 Å². The minimum Gasteiger partial charge on any atom is -0.459 e. The van der Waals surface area contributed by atoms with Gasteiger partial charge in [0.15, 0.2) is 0 Å². The van der Waals surface area contributed by atoms with Gasteiger partial charge in [-0.05, 0) is 12.1 Å². The van der Waals surface area contributed by atoms with Crippen LogP contribution in [0.4, 0.5) is 0 Å².